The predicted octanol–water partition coefficient (Wildman–Crippen LogP) is 7.82. The second-order valence-corrected chi connectivity index (χ2v) is 14.4. The van der Waals surface area contributed by atoms with E-state index in [2.05, 4.69) is 33.8 Å². The molecule has 0 bridgehead atoms. The molecule has 7 atom stereocenters. The molecule has 0 saturated heterocycles. The summed E-state index contributed by atoms with van der Waals surface area (Å²) in [5.41, 5.74) is 1.78. The Morgan fingerprint density at radius 2 is 1.61 bits per heavy atom. The summed E-state index contributed by atoms with van der Waals surface area (Å²) in [4.78, 5) is 0. The monoisotopic (exact) mass is 456 g/mol. The van der Waals surface area contributed by atoms with Crippen LogP contribution >= 0.6 is 0 Å². The second kappa shape index (κ2) is 8.65. The third-order valence-corrected chi connectivity index (χ3v) is 12.2. The van der Waals surface area contributed by atoms with E-state index in [9.17, 15) is 10.2 Å². The van der Waals surface area contributed by atoms with Crippen LogP contribution in [0.15, 0.2) is 11.6 Å². The summed E-state index contributed by atoms with van der Waals surface area (Å²) >= 11 is 0. The first-order valence-corrected chi connectivity index (χ1v) is 14.7. The molecule has 4 saturated carbocycles. The van der Waals surface area contributed by atoms with Crippen molar-refractivity contribution in [2.24, 2.45) is 40.4 Å². The zero-order valence-corrected chi connectivity index (χ0v) is 22.2. The van der Waals surface area contributed by atoms with Gasteiger partial charge in [0.25, 0.3) is 0 Å². The summed E-state index contributed by atoms with van der Waals surface area (Å²) in [6, 6.07) is 0. The Kier molecular flexibility index (Phi) is 6.38. The first-order valence-electron chi connectivity index (χ1n) is 14.7. The molecule has 2 heteroatoms. The van der Waals surface area contributed by atoms with E-state index in [4.69, 9.17) is 0 Å². The van der Waals surface area contributed by atoms with Gasteiger partial charge in [0, 0.05) is 0 Å². The molecule has 33 heavy (non-hydrogen) atoms. The maximum Gasteiger partial charge on any atom is 0.0682 e. The van der Waals surface area contributed by atoms with Gasteiger partial charge < -0.3 is 10.2 Å². The molecule has 0 spiro atoms. The average Bonchev–Trinajstić information content (AvgIpc) is 3.12. The first-order chi connectivity index (χ1) is 15.6. The number of aliphatic hydroxyl groups is 2. The van der Waals surface area contributed by atoms with Gasteiger partial charge in [0.15, 0.2) is 0 Å². The van der Waals surface area contributed by atoms with Gasteiger partial charge in [0.05, 0.1) is 11.2 Å². The normalized spacial score (nSPS) is 46.1. The van der Waals surface area contributed by atoms with Gasteiger partial charge in [-0.3, -0.25) is 0 Å². The highest BCUT2D eigenvalue weighted by Crippen LogP contribution is 2.64. The minimum Gasteiger partial charge on any atom is -0.390 e. The Bertz CT molecular complexity index is 742. The molecule has 2 nitrogen and oxygen atoms in total. The van der Waals surface area contributed by atoms with Gasteiger partial charge in [-0.1, -0.05) is 45.8 Å². The molecule has 0 unspecified atom stereocenters. The molecule has 0 aromatic rings. The molecule has 0 aliphatic heterocycles. The molecular weight excluding hydrogens is 404 g/mol. The van der Waals surface area contributed by atoms with Gasteiger partial charge in [0.1, 0.15) is 0 Å². The van der Waals surface area contributed by atoms with E-state index in [0.717, 1.165) is 68.1 Å². The highest BCUT2D eigenvalue weighted by atomic mass is 16.3. The predicted molar refractivity (Wildman–Crippen MR) is 137 cm³/mol. The van der Waals surface area contributed by atoms with Crippen LogP contribution in [0, 0.1) is 40.4 Å². The minimum absolute atomic E-state index is 0.377. The Morgan fingerprint density at radius 1 is 0.848 bits per heavy atom. The van der Waals surface area contributed by atoms with Crippen LogP contribution in [0.3, 0.4) is 0 Å². The number of hydrogen-bond donors (Lipinski definition) is 2. The third-order valence-electron chi connectivity index (χ3n) is 12.2. The zero-order chi connectivity index (χ0) is 23.5. The fourth-order valence-corrected chi connectivity index (χ4v) is 9.57. The third kappa shape index (κ3) is 4.50. The van der Waals surface area contributed by atoms with Gasteiger partial charge >= 0.3 is 0 Å². The molecule has 188 valence electrons. The summed E-state index contributed by atoms with van der Waals surface area (Å²) < 4.78 is 0. The molecule has 5 aliphatic rings. The van der Waals surface area contributed by atoms with Gasteiger partial charge in [-0.2, -0.15) is 0 Å². The highest BCUT2D eigenvalue weighted by molar-refractivity contribution is 5.22. The molecule has 0 amide bonds. The zero-order valence-electron chi connectivity index (χ0n) is 22.2. The molecule has 5 rings (SSSR count). The molecule has 4 fully saturated rings. The second-order valence-electron chi connectivity index (χ2n) is 14.4. The van der Waals surface area contributed by atoms with Crippen LogP contribution in [0.5, 0.6) is 0 Å². The van der Waals surface area contributed by atoms with Crippen molar-refractivity contribution in [2.45, 2.75) is 142 Å². The molecular formula is C31H52O2. The molecule has 5 aliphatic carbocycles. The van der Waals surface area contributed by atoms with Crippen LogP contribution in [0.2, 0.25) is 0 Å². The van der Waals surface area contributed by atoms with Crippen LogP contribution in [-0.4, -0.2) is 21.4 Å². The van der Waals surface area contributed by atoms with Crippen molar-refractivity contribution >= 4 is 0 Å². The van der Waals surface area contributed by atoms with Crippen molar-refractivity contribution in [1.29, 1.82) is 0 Å². The number of allylic oxidation sites excluding steroid dienone is 1. The quantitative estimate of drug-likeness (QED) is 0.414. The molecule has 2 N–H and O–H groups in total. The van der Waals surface area contributed by atoms with Crippen molar-refractivity contribution in [2.75, 3.05) is 0 Å². The number of rotatable bonds is 5. The summed E-state index contributed by atoms with van der Waals surface area (Å²) in [6.07, 6.45) is 21.6. The first kappa shape index (κ1) is 24.4. The lowest BCUT2D eigenvalue weighted by Gasteiger charge is -2.54. The largest absolute Gasteiger partial charge is 0.390 e. The maximum atomic E-state index is 11.2. The Balaban J connectivity index is 1.20. The smallest absolute Gasteiger partial charge is 0.0682 e. The SMILES string of the molecule is CC[C@]1(O)CC[C@H]2C(=CC[C@@H]3[C@@H]2CC[C@]2(C)[C@@H](CCCC4(O)CCC(C)(C)CC4)CC[C@@H]32)C1. The van der Waals surface area contributed by atoms with E-state index < -0.39 is 5.60 Å². The Morgan fingerprint density at radius 3 is 2.33 bits per heavy atom. The van der Waals surface area contributed by atoms with Crippen molar-refractivity contribution in [3.63, 3.8) is 0 Å². The lowest BCUT2D eigenvalue weighted by Crippen LogP contribution is -2.47. The van der Waals surface area contributed by atoms with Gasteiger partial charge in [0.2, 0.25) is 0 Å². The summed E-state index contributed by atoms with van der Waals surface area (Å²) in [5.74, 6) is 4.32. The Hall–Kier alpha value is -0.340. The van der Waals surface area contributed by atoms with Crippen LogP contribution in [0.25, 0.3) is 0 Å². The lowest BCUT2D eigenvalue weighted by molar-refractivity contribution is -0.0459. The highest BCUT2D eigenvalue weighted by Gasteiger charge is 2.56. The fraction of sp³-hybridized carbons (Fsp3) is 0.935. The van der Waals surface area contributed by atoms with E-state index >= 15 is 0 Å². The molecule has 0 radical (unpaired) electrons. The van der Waals surface area contributed by atoms with Crippen molar-refractivity contribution in [1.82, 2.24) is 0 Å². The minimum atomic E-state index is -0.422. The van der Waals surface area contributed by atoms with Crippen molar-refractivity contribution in [3.8, 4) is 0 Å². The van der Waals surface area contributed by atoms with Gasteiger partial charge in [-0.05, 0) is 137 Å². The van der Waals surface area contributed by atoms with E-state index in [1.165, 1.54) is 64.2 Å². The molecule has 0 aromatic heterocycles. The fourth-order valence-electron chi connectivity index (χ4n) is 9.57. The van der Waals surface area contributed by atoms with E-state index in [-0.39, 0.29) is 5.60 Å². The molecule has 0 aromatic carbocycles. The van der Waals surface area contributed by atoms with Crippen LogP contribution in [-0.2, 0) is 0 Å². The van der Waals surface area contributed by atoms with E-state index in [1.807, 2.05) is 0 Å². The van der Waals surface area contributed by atoms with E-state index in [0.29, 0.717) is 10.8 Å². The van der Waals surface area contributed by atoms with Gasteiger partial charge in [-0.25, -0.2) is 0 Å². The van der Waals surface area contributed by atoms with Crippen LogP contribution in [0.1, 0.15) is 130 Å². The van der Waals surface area contributed by atoms with Crippen LogP contribution in [0.4, 0.5) is 0 Å². The molecule has 0 heterocycles. The summed E-state index contributed by atoms with van der Waals surface area (Å²) in [5, 5.41) is 22.1. The van der Waals surface area contributed by atoms with E-state index in [1.54, 1.807) is 5.57 Å². The topological polar surface area (TPSA) is 40.5 Å². The average molecular weight is 457 g/mol. The Labute approximate surface area is 204 Å². The van der Waals surface area contributed by atoms with Crippen LogP contribution < -0.4 is 0 Å². The standard InChI is InChI=1S/C31H52O2/c1-5-30(32)16-13-24-22(21-30)8-10-26-25(24)12-15-29(4)23(9-11-27(26)29)7-6-14-31(33)19-17-28(2,3)18-20-31/h8,23-27,32-33H,5-7,9-21H2,1-4H3/t23-,24-,25+,26+,27-,29+,30-/m0/s1. The van der Waals surface area contributed by atoms with Crippen molar-refractivity contribution < 1.29 is 10.2 Å². The van der Waals surface area contributed by atoms with Gasteiger partial charge in [-0.15, -0.1) is 0 Å². The summed E-state index contributed by atoms with van der Waals surface area (Å²) in [7, 11) is 0. The number of fused-ring (bicyclic) bond motifs is 5. The summed E-state index contributed by atoms with van der Waals surface area (Å²) in [6.45, 7) is 9.54. The lowest BCUT2D eigenvalue weighted by atomic mass is 9.51. The van der Waals surface area contributed by atoms with Crippen molar-refractivity contribution in [3.05, 3.63) is 11.6 Å². The maximum absolute atomic E-state index is 11.2. The number of hydrogen-bond acceptors (Lipinski definition) is 2.